The predicted octanol–water partition coefficient (Wildman–Crippen LogP) is 0.428. The number of hydrogen-bond donors (Lipinski definition) is 2. The number of rotatable bonds is 3. The summed E-state index contributed by atoms with van der Waals surface area (Å²) in [6, 6.07) is 0. The van der Waals surface area contributed by atoms with Crippen molar-refractivity contribution < 1.29 is 9.94 Å². The second kappa shape index (κ2) is 3.91. The highest BCUT2D eigenvalue weighted by Gasteiger charge is 2.24. The normalized spacial score (nSPS) is 23.4. The van der Waals surface area contributed by atoms with Crippen molar-refractivity contribution in [1.29, 1.82) is 0 Å². The molecule has 1 saturated carbocycles. The van der Waals surface area contributed by atoms with E-state index in [1.54, 1.807) is 0 Å². The Balaban J connectivity index is 2.29. The van der Waals surface area contributed by atoms with Crippen LogP contribution in [0.15, 0.2) is 0 Å². The maximum Gasteiger partial charge on any atom is 0.104 e. The quantitative estimate of drug-likeness (QED) is 0.566. The van der Waals surface area contributed by atoms with E-state index in [9.17, 15) is 0 Å². The van der Waals surface area contributed by atoms with Crippen molar-refractivity contribution in [2.24, 2.45) is 11.8 Å². The van der Waals surface area contributed by atoms with Gasteiger partial charge in [0.15, 0.2) is 0 Å². The summed E-state index contributed by atoms with van der Waals surface area (Å²) in [5.41, 5.74) is 0. The summed E-state index contributed by atoms with van der Waals surface area (Å²) in [6.45, 7) is 0.0567. The van der Waals surface area contributed by atoms with Crippen LogP contribution >= 0.6 is 0 Å². The molecule has 0 amide bonds. The summed E-state index contributed by atoms with van der Waals surface area (Å²) in [5.74, 6) is 5.50. The fourth-order valence-electron chi connectivity index (χ4n) is 1.63. The topological polar surface area (TPSA) is 55.5 Å². The van der Waals surface area contributed by atoms with Crippen LogP contribution in [0.3, 0.4) is 0 Å². The number of aliphatic hydroxyl groups is 1. The zero-order valence-corrected chi connectivity index (χ0v) is 6.12. The highest BCUT2D eigenvalue weighted by Crippen LogP contribution is 2.28. The summed E-state index contributed by atoms with van der Waals surface area (Å²) in [5, 5.41) is 8.78. The Bertz CT molecular complexity index is 87.6. The van der Waals surface area contributed by atoms with Crippen molar-refractivity contribution in [1.82, 2.24) is 0 Å². The monoisotopic (exact) mass is 145 g/mol. The maximum atomic E-state index is 8.78. The van der Waals surface area contributed by atoms with Crippen LogP contribution < -0.4 is 5.90 Å². The van der Waals surface area contributed by atoms with Crippen LogP contribution in [0.4, 0.5) is 0 Å². The van der Waals surface area contributed by atoms with Crippen molar-refractivity contribution >= 4 is 0 Å². The van der Waals surface area contributed by atoms with Crippen molar-refractivity contribution in [3.05, 3.63) is 0 Å². The van der Waals surface area contributed by atoms with Crippen LogP contribution in [-0.2, 0) is 4.84 Å². The average molecular weight is 145 g/mol. The molecule has 1 aliphatic carbocycles. The number of hydrogen-bond acceptors (Lipinski definition) is 3. The largest absolute Gasteiger partial charge is 0.394 e. The predicted molar refractivity (Wildman–Crippen MR) is 38.1 cm³/mol. The average Bonchev–Trinajstić information content (AvgIpc) is 2.43. The second-order valence-corrected chi connectivity index (χ2v) is 2.90. The molecular formula is C7H15NO2. The van der Waals surface area contributed by atoms with Gasteiger partial charge in [0, 0.05) is 0 Å². The van der Waals surface area contributed by atoms with Gasteiger partial charge < -0.3 is 5.11 Å². The summed E-state index contributed by atoms with van der Waals surface area (Å²) >= 11 is 0. The molecule has 1 fully saturated rings. The van der Waals surface area contributed by atoms with E-state index in [2.05, 4.69) is 4.84 Å². The molecule has 0 aromatic heterocycles. The minimum Gasteiger partial charge on any atom is -0.394 e. The molecule has 0 bridgehead atoms. The lowest BCUT2D eigenvalue weighted by Crippen LogP contribution is -2.28. The van der Waals surface area contributed by atoms with E-state index in [0.29, 0.717) is 5.92 Å². The van der Waals surface area contributed by atoms with E-state index < -0.39 is 0 Å². The minimum absolute atomic E-state index is 0.0567. The standard InChI is InChI=1S/C7H15NO2/c8-10-7(5-9)6-3-1-2-4-6/h6-7,9H,1-5,8H2/t7-/m1/s1. The van der Waals surface area contributed by atoms with Crippen molar-refractivity contribution in [3.8, 4) is 0 Å². The van der Waals surface area contributed by atoms with Gasteiger partial charge in [-0.25, -0.2) is 5.90 Å². The van der Waals surface area contributed by atoms with Crippen molar-refractivity contribution in [2.45, 2.75) is 31.8 Å². The van der Waals surface area contributed by atoms with E-state index in [0.717, 1.165) is 12.8 Å². The van der Waals surface area contributed by atoms with Gasteiger partial charge in [0.1, 0.15) is 6.10 Å². The van der Waals surface area contributed by atoms with Crippen LogP contribution in [-0.4, -0.2) is 17.8 Å². The molecule has 0 unspecified atom stereocenters. The van der Waals surface area contributed by atoms with Gasteiger partial charge in [-0.1, -0.05) is 12.8 Å². The van der Waals surface area contributed by atoms with Crippen LogP contribution in [0.25, 0.3) is 0 Å². The minimum atomic E-state index is -0.123. The fraction of sp³-hybridized carbons (Fsp3) is 1.00. The second-order valence-electron chi connectivity index (χ2n) is 2.90. The Kier molecular flexibility index (Phi) is 3.12. The fourth-order valence-corrected chi connectivity index (χ4v) is 1.63. The van der Waals surface area contributed by atoms with Crippen molar-refractivity contribution in [2.75, 3.05) is 6.61 Å². The molecule has 0 radical (unpaired) electrons. The van der Waals surface area contributed by atoms with Gasteiger partial charge in [0.25, 0.3) is 0 Å². The molecule has 10 heavy (non-hydrogen) atoms. The first-order chi connectivity index (χ1) is 4.88. The third-order valence-electron chi connectivity index (χ3n) is 2.28. The first kappa shape index (κ1) is 7.98. The third kappa shape index (κ3) is 1.68. The first-order valence-electron chi connectivity index (χ1n) is 3.85. The summed E-state index contributed by atoms with van der Waals surface area (Å²) in [6.07, 6.45) is 4.70. The van der Waals surface area contributed by atoms with Crippen LogP contribution in [0, 0.1) is 5.92 Å². The Hall–Kier alpha value is -0.120. The molecular weight excluding hydrogens is 130 g/mol. The van der Waals surface area contributed by atoms with E-state index in [1.807, 2.05) is 0 Å². The molecule has 0 aliphatic heterocycles. The maximum absolute atomic E-state index is 8.78. The van der Waals surface area contributed by atoms with E-state index >= 15 is 0 Å². The zero-order valence-electron chi connectivity index (χ0n) is 6.12. The molecule has 0 spiro atoms. The van der Waals surface area contributed by atoms with E-state index in [-0.39, 0.29) is 12.7 Å². The van der Waals surface area contributed by atoms with Gasteiger partial charge in [0.2, 0.25) is 0 Å². The highest BCUT2D eigenvalue weighted by atomic mass is 16.6. The van der Waals surface area contributed by atoms with Crippen LogP contribution in [0.5, 0.6) is 0 Å². The molecule has 1 aliphatic rings. The Morgan fingerprint density at radius 1 is 1.50 bits per heavy atom. The lowest BCUT2D eigenvalue weighted by atomic mass is 10.0. The summed E-state index contributed by atoms with van der Waals surface area (Å²) < 4.78 is 0. The number of aliphatic hydroxyl groups excluding tert-OH is 1. The third-order valence-corrected chi connectivity index (χ3v) is 2.28. The van der Waals surface area contributed by atoms with Gasteiger partial charge in [-0.3, -0.25) is 4.84 Å². The van der Waals surface area contributed by atoms with E-state index in [4.69, 9.17) is 11.0 Å². The van der Waals surface area contributed by atoms with E-state index in [1.165, 1.54) is 12.8 Å². The van der Waals surface area contributed by atoms with Gasteiger partial charge in [-0.15, -0.1) is 0 Å². The van der Waals surface area contributed by atoms with Crippen LogP contribution in [0.2, 0.25) is 0 Å². The van der Waals surface area contributed by atoms with Crippen LogP contribution in [0.1, 0.15) is 25.7 Å². The smallest absolute Gasteiger partial charge is 0.104 e. The van der Waals surface area contributed by atoms with Gasteiger partial charge in [-0.05, 0) is 18.8 Å². The molecule has 0 saturated heterocycles. The zero-order chi connectivity index (χ0) is 7.40. The molecule has 3 heteroatoms. The first-order valence-corrected chi connectivity index (χ1v) is 3.85. The highest BCUT2D eigenvalue weighted by molar-refractivity contribution is 4.74. The van der Waals surface area contributed by atoms with Crippen molar-refractivity contribution in [3.63, 3.8) is 0 Å². The molecule has 3 N–H and O–H groups in total. The molecule has 1 rings (SSSR count). The molecule has 1 atom stereocenters. The lowest BCUT2D eigenvalue weighted by Gasteiger charge is -2.17. The molecule has 0 heterocycles. The van der Waals surface area contributed by atoms with Gasteiger partial charge in [0.05, 0.1) is 6.61 Å². The summed E-state index contributed by atoms with van der Waals surface area (Å²) in [4.78, 5) is 4.63. The molecule has 0 aromatic carbocycles. The molecule has 0 aromatic rings. The Morgan fingerprint density at radius 2 is 2.10 bits per heavy atom. The Morgan fingerprint density at radius 3 is 2.50 bits per heavy atom. The molecule has 60 valence electrons. The molecule has 3 nitrogen and oxygen atoms in total. The van der Waals surface area contributed by atoms with Gasteiger partial charge in [-0.2, -0.15) is 0 Å². The Labute approximate surface area is 61.1 Å². The lowest BCUT2D eigenvalue weighted by molar-refractivity contribution is -0.0230. The SMILES string of the molecule is NO[C@H](CO)C1CCCC1. The van der Waals surface area contributed by atoms with Gasteiger partial charge >= 0.3 is 0 Å². The summed E-state index contributed by atoms with van der Waals surface area (Å²) in [7, 11) is 0. The number of nitrogens with two attached hydrogens (primary N) is 1.